The zero-order valence-corrected chi connectivity index (χ0v) is 15.1. The fourth-order valence-electron chi connectivity index (χ4n) is 3.61. The van der Waals surface area contributed by atoms with Crippen molar-refractivity contribution in [3.05, 3.63) is 71.3 Å². The van der Waals surface area contributed by atoms with Gasteiger partial charge in [0, 0.05) is 5.56 Å². The number of nitrogens with zero attached hydrogens (tertiary/aromatic N) is 2. The van der Waals surface area contributed by atoms with Crippen LogP contribution in [0.2, 0.25) is 0 Å². The first-order valence-corrected chi connectivity index (χ1v) is 8.66. The van der Waals surface area contributed by atoms with Gasteiger partial charge in [-0.25, -0.2) is 4.79 Å². The number of ether oxygens (including phenoxy) is 1. The number of amides is 1. The number of esters is 1. The molecule has 0 saturated carbocycles. The molecular weight excluding hydrogens is 360 g/mol. The molecule has 0 bridgehead atoms. The Balaban J connectivity index is 2.11. The topological polar surface area (TPSA) is 108 Å². The standard InChI is InChI=1S/C21H18N2O5/c1-28-21(27)16-11-17(20(25)26)23(19(24)15-5-3-2-4-6-15)18(16)14-9-7-13(12-22)8-10-14/h2-10,16-18H,11H2,1H3,(H,25,26). The Morgan fingerprint density at radius 3 is 2.29 bits per heavy atom. The zero-order chi connectivity index (χ0) is 20.3. The largest absolute Gasteiger partial charge is 0.480 e. The van der Waals surface area contributed by atoms with Gasteiger partial charge in [-0.1, -0.05) is 30.3 Å². The van der Waals surface area contributed by atoms with E-state index in [9.17, 15) is 19.5 Å². The van der Waals surface area contributed by atoms with Gasteiger partial charge in [-0.15, -0.1) is 0 Å². The SMILES string of the molecule is COC(=O)C1CC(C(=O)O)N(C(=O)c2ccccc2)C1c1ccc(C#N)cc1. The van der Waals surface area contributed by atoms with Gasteiger partial charge in [0.05, 0.1) is 30.7 Å². The molecule has 2 aromatic carbocycles. The van der Waals surface area contributed by atoms with Gasteiger partial charge in [-0.05, 0) is 36.2 Å². The number of carbonyl (C=O) groups excluding carboxylic acids is 2. The van der Waals surface area contributed by atoms with Gasteiger partial charge in [0.15, 0.2) is 0 Å². The van der Waals surface area contributed by atoms with Gasteiger partial charge in [-0.2, -0.15) is 5.26 Å². The molecule has 3 unspecified atom stereocenters. The van der Waals surface area contributed by atoms with Gasteiger partial charge in [0.1, 0.15) is 6.04 Å². The fraction of sp³-hybridized carbons (Fsp3) is 0.238. The van der Waals surface area contributed by atoms with E-state index in [4.69, 9.17) is 10.00 Å². The highest BCUT2D eigenvalue weighted by Crippen LogP contribution is 2.42. The van der Waals surface area contributed by atoms with Crippen LogP contribution in [0.4, 0.5) is 0 Å². The third-order valence-corrected chi connectivity index (χ3v) is 4.92. The van der Waals surface area contributed by atoms with Crippen LogP contribution in [0.25, 0.3) is 0 Å². The summed E-state index contributed by atoms with van der Waals surface area (Å²) in [6, 6.07) is 14.8. The summed E-state index contributed by atoms with van der Waals surface area (Å²) in [5.41, 5.74) is 1.33. The number of nitriles is 1. The Morgan fingerprint density at radius 2 is 1.75 bits per heavy atom. The summed E-state index contributed by atoms with van der Waals surface area (Å²) in [6.45, 7) is 0. The zero-order valence-electron chi connectivity index (χ0n) is 15.1. The Hall–Kier alpha value is -3.66. The molecule has 1 heterocycles. The van der Waals surface area contributed by atoms with Crippen molar-refractivity contribution in [2.75, 3.05) is 7.11 Å². The summed E-state index contributed by atoms with van der Waals surface area (Å²) in [5.74, 6) is -3.07. The predicted molar refractivity (Wildman–Crippen MR) is 98.1 cm³/mol. The second-order valence-electron chi connectivity index (χ2n) is 6.48. The number of methoxy groups -OCH3 is 1. The molecule has 28 heavy (non-hydrogen) atoms. The Bertz CT molecular complexity index is 934. The molecule has 1 aliphatic rings. The molecule has 2 aromatic rings. The second-order valence-corrected chi connectivity index (χ2v) is 6.48. The summed E-state index contributed by atoms with van der Waals surface area (Å²) >= 11 is 0. The number of aliphatic carboxylic acids is 1. The van der Waals surface area contributed by atoms with Gasteiger partial charge in [0.25, 0.3) is 5.91 Å². The number of rotatable bonds is 4. The lowest BCUT2D eigenvalue weighted by Crippen LogP contribution is -2.42. The summed E-state index contributed by atoms with van der Waals surface area (Å²) in [5, 5.41) is 18.7. The minimum Gasteiger partial charge on any atom is -0.480 e. The van der Waals surface area contributed by atoms with Crippen LogP contribution in [-0.4, -0.2) is 41.0 Å². The Labute approximate surface area is 161 Å². The first-order valence-electron chi connectivity index (χ1n) is 8.66. The molecule has 1 amide bonds. The van der Waals surface area contributed by atoms with E-state index in [0.29, 0.717) is 16.7 Å². The van der Waals surface area contributed by atoms with Crippen molar-refractivity contribution < 1.29 is 24.2 Å². The van der Waals surface area contributed by atoms with Crippen molar-refractivity contribution in [2.45, 2.75) is 18.5 Å². The third-order valence-electron chi connectivity index (χ3n) is 4.92. The molecule has 3 rings (SSSR count). The molecule has 0 aromatic heterocycles. The Morgan fingerprint density at radius 1 is 1.11 bits per heavy atom. The lowest BCUT2D eigenvalue weighted by atomic mass is 9.92. The summed E-state index contributed by atoms with van der Waals surface area (Å²) in [6.07, 6.45) is -0.0503. The van der Waals surface area contributed by atoms with Gasteiger partial charge >= 0.3 is 11.9 Å². The minimum absolute atomic E-state index is 0.0503. The van der Waals surface area contributed by atoms with Crippen molar-refractivity contribution in [3.63, 3.8) is 0 Å². The summed E-state index contributed by atoms with van der Waals surface area (Å²) in [7, 11) is 1.23. The predicted octanol–water partition coefficient (Wildman–Crippen LogP) is 2.39. The van der Waals surface area contributed by atoms with E-state index in [2.05, 4.69) is 0 Å². The van der Waals surface area contributed by atoms with Crippen molar-refractivity contribution >= 4 is 17.8 Å². The number of carbonyl (C=O) groups is 3. The van der Waals surface area contributed by atoms with Crippen molar-refractivity contribution in [3.8, 4) is 6.07 Å². The monoisotopic (exact) mass is 378 g/mol. The molecule has 0 radical (unpaired) electrons. The average molecular weight is 378 g/mol. The maximum Gasteiger partial charge on any atom is 0.326 e. The van der Waals surface area contributed by atoms with Crippen LogP contribution >= 0.6 is 0 Å². The van der Waals surface area contributed by atoms with E-state index >= 15 is 0 Å². The number of carboxylic acids is 1. The normalized spacial score (nSPS) is 21.0. The van der Waals surface area contributed by atoms with Crippen LogP contribution in [0.5, 0.6) is 0 Å². The van der Waals surface area contributed by atoms with Crippen LogP contribution in [-0.2, 0) is 14.3 Å². The van der Waals surface area contributed by atoms with Gasteiger partial charge < -0.3 is 14.7 Å². The fourth-order valence-corrected chi connectivity index (χ4v) is 3.61. The molecule has 1 saturated heterocycles. The highest BCUT2D eigenvalue weighted by molar-refractivity contribution is 5.98. The molecule has 1 N–H and O–H groups in total. The molecule has 7 heteroatoms. The van der Waals surface area contributed by atoms with Crippen LogP contribution < -0.4 is 0 Å². The molecule has 1 aliphatic heterocycles. The summed E-state index contributed by atoms with van der Waals surface area (Å²) < 4.78 is 4.87. The molecule has 0 spiro atoms. The van der Waals surface area contributed by atoms with Crippen LogP contribution in [0.1, 0.15) is 33.9 Å². The first kappa shape index (κ1) is 19.1. The molecule has 1 fully saturated rings. The van der Waals surface area contributed by atoms with Crippen LogP contribution in [0.15, 0.2) is 54.6 Å². The maximum absolute atomic E-state index is 13.2. The quantitative estimate of drug-likeness (QED) is 0.819. The van der Waals surface area contributed by atoms with E-state index in [1.165, 1.54) is 12.0 Å². The average Bonchev–Trinajstić information content (AvgIpc) is 3.14. The third kappa shape index (κ3) is 3.45. The van der Waals surface area contributed by atoms with E-state index in [-0.39, 0.29) is 6.42 Å². The van der Waals surface area contributed by atoms with Gasteiger partial charge in [0.2, 0.25) is 0 Å². The number of hydrogen-bond donors (Lipinski definition) is 1. The molecule has 0 aliphatic carbocycles. The molecule has 3 atom stereocenters. The number of likely N-dealkylation sites (tertiary alicyclic amines) is 1. The lowest BCUT2D eigenvalue weighted by molar-refractivity contribution is -0.146. The number of hydrogen-bond acceptors (Lipinski definition) is 5. The second kappa shape index (κ2) is 7.92. The molecule has 7 nitrogen and oxygen atoms in total. The van der Waals surface area contributed by atoms with Crippen molar-refractivity contribution in [2.24, 2.45) is 5.92 Å². The van der Waals surface area contributed by atoms with Crippen LogP contribution in [0.3, 0.4) is 0 Å². The van der Waals surface area contributed by atoms with E-state index in [1.807, 2.05) is 6.07 Å². The van der Waals surface area contributed by atoms with E-state index in [0.717, 1.165) is 0 Å². The van der Waals surface area contributed by atoms with Crippen molar-refractivity contribution in [1.82, 2.24) is 4.90 Å². The Kier molecular flexibility index (Phi) is 5.41. The van der Waals surface area contributed by atoms with E-state index in [1.54, 1.807) is 54.6 Å². The molecular formula is C21H18N2O5. The summed E-state index contributed by atoms with van der Waals surface area (Å²) in [4.78, 5) is 38.7. The van der Waals surface area contributed by atoms with Gasteiger partial charge in [-0.3, -0.25) is 9.59 Å². The first-order chi connectivity index (χ1) is 13.5. The smallest absolute Gasteiger partial charge is 0.326 e. The minimum atomic E-state index is -1.19. The lowest BCUT2D eigenvalue weighted by Gasteiger charge is -2.30. The highest BCUT2D eigenvalue weighted by Gasteiger charge is 2.51. The molecule has 142 valence electrons. The highest BCUT2D eigenvalue weighted by atomic mass is 16.5. The van der Waals surface area contributed by atoms with Crippen molar-refractivity contribution in [1.29, 1.82) is 5.26 Å². The van der Waals surface area contributed by atoms with E-state index < -0.39 is 35.8 Å². The van der Waals surface area contributed by atoms with Crippen LogP contribution in [0, 0.1) is 17.2 Å². The number of benzene rings is 2. The maximum atomic E-state index is 13.2. The number of carboxylic acid groups (broad SMARTS) is 1.